The van der Waals surface area contributed by atoms with E-state index >= 15 is 0 Å². The Kier molecular flexibility index (Phi) is 7.55. The molecule has 3 rings (SSSR count). The Morgan fingerprint density at radius 2 is 0.840 bits per heavy atom. The summed E-state index contributed by atoms with van der Waals surface area (Å²) in [6, 6.07) is 20.3. The molecule has 0 aliphatic rings. The summed E-state index contributed by atoms with van der Waals surface area (Å²) in [5.74, 6) is -0.363. The van der Waals surface area contributed by atoms with Crippen molar-refractivity contribution in [1.82, 2.24) is 0 Å². The van der Waals surface area contributed by atoms with E-state index in [9.17, 15) is 5.11 Å². The Balaban J connectivity index is 0.000000181. The minimum Gasteiger partial charge on any atom is -0.505 e. The molecule has 0 saturated carbocycles. The first-order valence-electron chi connectivity index (χ1n) is 6.99. The van der Waals surface area contributed by atoms with Gasteiger partial charge in [-0.1, -0.05) is 94.4 Å². The van der Waals surface area contributed by atoms with Gasteiger partial charge in [-0.25, -0.2) is 0 Å². The molecule has 0 spiro atoms. The van der Waals surface area contributed by atoms with Gasteiger partial charge in [0.1, 0.15) is 10.0 Å². The monoisotopic (exact) mass is 433 g/mol. The van der Waals surface area contributed by atoms with Gasteiger partial charge >= 0.3 is 0 Å². The molecule has 7 heteroatoms. The van der Waals surface area contributed by atoms with E-state index in [-0.39, 0.29) is 30.9 Å². The molecule has 0 saturated heterocycles. The second-order valence-electron chi connectivity index (χ2n) is 4.78. The zero-order chi connectivity index (χ0) is 18.4. The van der Waals surface area contributed by atoms with Crippen molar-refractivity contribution in [3.63, 3.8) is 0 Å². The van der Waals surface area contributed by atoms with E-state index in [2.05, 4.69) is 5.32 Å². The fourth-order valence-electron chi connectivity index (χ4n) is 1.80. The fraction of sp³-hybridized carbons (Fsp3) is 0. The summed E-state index contributed by atoms with van der Waals surface area (Å²) in [4.78, 5) is 0. The van der Waals surface area contributed by atoms with Crippen LogP contribution in [0.3, 0.4) is 0 Å². The van der Waals surface area contributed by atoms with Crippen molar-refractivity contribution in [1.29, 1.82) is 0 Å². The van der Waals surface area contributed by atoms with E-state index in [0.29, 0.717) is 0 Å². The average molecular weight is 436 g/mol. The summed E-state index contributed by atoms with van der Waals surface area (Å²) in [7, 11) is 0. The topological polar surface area (TPSA) is 32.3 Å². The number of benzene rings is 3. The van der Waals surface area contributed by atoms with E-state index < -0.39 is 0 Å². The molecular weight excluding hydrogens is 423 g/mol. The molecule has 0 radical (unpaired) electrons. The largest absolute Gasteiger partial charge is 0.505 e. The van der Waals surface area contributed by atoms with Crippen molar-refractivity contribution in [3.05, 3.63) is 85.8 Å². The molecule has 0 aliphatic heterocycles. The second kappa shape index (κ2) is 9.42. The van der Waals surface area contributed by atoms with E-state index in [1.54, 1.807) is 0 Å². The maximum Gasteiger partial charge on any atom is 0.155 e. The molecule has 0 unspecified atom stereocenters. The number of phenols is 1. The summed E-state index contributed by atoms with van der Waals surface area (Å²) in [6.45, 7) is 0. The maximum atomic E-state index is 9.20. The number of para-hydroxylation sites is 2. The standard InChI is InChI=1S/C12H11N.C6HCl5O/c1-3-7-11(8-4-1)13-12-9-5-2-6-10-12;7-1-2(8)4(10)6(12)5(11)3(1)9/h1-10,13H;12H. The Hall–Kier alpha value is -1.29. The first-order chi connectivity index (χ1) is 11.9. The lowest BCUT2D eigenvalue weighted by molar-refractivity contribution is 0.476. The number of aromatic hydroxyl groups is 1. The van der Waals surface area contributed by atoms with Crippen molar-refractivity contribution < 1.29 is 5.11 Å². The zero-order valence-corrected chi connectivity index (χ0v) is 16.4. The molecule has 3 aromatic rings. The van der Waals surface area contributed by atoms with Crippen LogP contribution in [-0.2, 0) is 0 Å². The SMILES string of the molecule is Oc1c(Cl)c(Cl)c(Cl)c(Cl)c1Cl.c1ccc(Nc2ccccc2)cc1. The molecular formula is C18H12Cl5NO. The Labute approximate surface area is 170 Å². The Bertz CT molecular complexity index is 699. The molecule has 0 aromatic heterocycles. The first-order valence-corrected chi connectivity index (χ1v) is 8.88. The maximum absolute atomic E-state index is 9.20. The molecule has 0 heterocycles. The molecule has 3 aromatic carbocycles. The third-order valence-corrected chi connectivity index (χ3v) is 5.28. The lowest BCUT2D eigenvalue weighted by Crippen LogP contribution is -1.87. The zero-order valence-electron chi connectivity index (χ0n) is 12.6. The van der Waals surface area contributed by atoms with Crippen LogP contribution in [0.5, 0.6) is 5.75 Å². The van der Waals surface area contributed by atoms with Gasteiger partial charge in [0, 0.05) is 11.4 Å². The van der Waals surface area contributed by atoms with E-state index in [4.69, 9.17) is 58.0 Å². The number of anilines is 2. The summed E-state index contributed by atoms with van der Waals surface area (Å²) in [5.41, 5.74) is 2.24. The number of nitrogens with one attached hydrogen (secondary N) is 1. The number of rotatable bonds is 2. The Morgan fingerprint density at radius 3 is 1.20 bits per heavy atom. The van der Waals surface area contributed by atoms with E-state index in [1.165, 1.54) is 0 Å². The van der Waals surface area contributed by atoms with Crippen LogP contribution in [0, 0.1) is 0 Å². The van der Waals surface area contributed by atoms with Crippen molar-refractivity contribution in [2.45, 2.75) is 0 Å². The van der Waals surface area contributed by atoms with Gasteiger partial charge in [-0.05, 0) is 24.3 Å². The van der Waals surface area contributed by atoms with Gasteiger partial charge < -0.3 is 10.4 Å². The van der Waals surface area contributed by atoms with Gasteiger partial charge in [0.25, 0.3) is 0 Å². The van der Waals surface area contributed by atoms with Crippen LogP contribution < -0.4 is 5.32 Å². The van der Waals surface area contributed by atoms with Crippen LogP contribution in [0.1, 0.15) is 0 Å². The van der Waals surface area contributed by atoms with Crippen molar-refractivity contribution >= 4 is 69.4 Å². The van der Waals surface area contributed by atoms with E-state index in [1.807, 2.05) is 60.7 Å². The number of hydrogen-bond donors (Lipinski definition) is 2. The highest BCUT2D eigenvalue weighted by Gasteiger charge is 2.18. The smallest absolute Gasteiger partial charge is 0.155 e. The number of phenolic OH excluding ortho intramolecular Hbond substituents is 1. The highest BCUT2D eigenvalue weighted by molar-refractivity contribution is 6.55. The molecule has 130 valence electrons. The van der Waals surface area contributed by atoms with Gasteiger partial charge in [-0.2, -0.15) is 0 Å². The third-order valence-electron chi connectivity index (χ3n) is 3.02. The molecule has 0 bridgehead atoms. The van der Waals surface area contributed by atoms with Crippen LogP contribution in [-0.4, -0.2) is 5.11 Å². The molecule has 0 fully saturated rings. The van der Waals surface area contributed by atoms with Crippen molar-refractivity contribution in [2.24, 2.45) is 0 Å². The fourth-order valence-corrected chi connectivity index (χ4v) is 2.93. The Morgan fingerprint density at radius 1 is 0.520 bits per heavy atom. The molecule has 0 aliphatic carbocycles. The minimum atomic E-state index is -0.363. The quantitative estimate of drug-likeness (QED) is 0.315. The van der Waals surface area contributed by atoms with Gasteiger partial charge in [0.05, 0.1) is 15.1 Å². The van der Waals surface area contributed by atoms with E-state index in [0.717, 1.165) is 11.4 Å². The molecule has 0 amide bonds. The lowest BCUT2D eigenvalue weighted by atomic mass is 10.3. The number of halogens is 5. The summed E-state index contributed by atoms with van der Waals surface area (Å²) in [5, 5.41) is 12.3. The lowest BCUT2D eigenvalue weighted by Gasteiger charge is -2.06. The first kappa shape index (κ1) is 20.0. The summed E-state index contributed by atoms with van der Waals surface area (Å²) >= 11 is 27.9. The van der Waals surface area contributed by atoms with Gasteiger partial charge in [-0.3, -0.25) is 0 Å². The molecule has 2 nitrogen and oxygen atoms in total. The van der Waals surface area contributed by atoms with Crippen LogP contribution in [0.15, 0.2) is 60.7 Å². The second-order valence-corrected chi connectivity index (χ2v) is 6.67. The van der Waals surface area contributed by atoms with Gasteiger partial charge in [-0.15, -0.1) is 0 Å². The summed E-state index contributed by atoms with van der Waals surface area (Å²) in [6.07, 6.45) is 0. The molecule has 0 atom stereocenters. The van der Waals surface area contributed by atoms with Crippen molar-refractivity contribution in [3.8, 4) is 5.75 Å². The molecule has 2 N–H and O–H groups in total. The van der Waals surface area contributed by atoms with Gasteiger partial charge in [0.2, 0.25) is 0 Å². The van der Waals surface area contributed by atoms with Gasteiger partial charge in [0.15, 0.2) is 5.75 Å². The predicted molar refractivity (Wildman–Crippen MR) is 109 cm³/mol. The number of hydrogen-bond acceptors (Lipinski definition) is 2. The normalized spacial score (nSPS) is 9.96. The highest BCUT2D eigenvalue weighted by atomic mass is 35.5. The summed E-state index contributed by atoms with van der Waals surface area (Å²) < 4.78 is 0. The van der Waals surface area contributed by atoms with Crippen molar-refractivity contribution in [2.75, 3.05) is 5.32 Å². The predicted octanol–water partition coefficient (Wildman–Crippen LogP) is 8.09. The molecule has 25 heavy (non-hydrogen) atoms. The average Bonchev–Trinajstić information content (AvgIpc) is 2.65. The van der Waals surface area contributed by atoms with Crippen LogP contribution in [0.25, 0.3) is 0 Å². The highest BCUT2D eigenvalue weighted by Crippen LogP contribution is 2.47. The van der Waals surface area contributed by atoms with Crippen LogP contribution >= 0.6 is 58.0 Å². The third kappa shape index (κ3) is 5.34. The minimum absolute atomic E-state index is 0.00904. The van der Waals surface area contributed by atoms with Crippen LogP contribution in [0.2, 0.25) is 25.1 Å². The van der Waals surface area contributed by atoms with Crippen LogP contribution in [0.4, 0.5) is 11.4 Å².